The van der Waals surface area contributed by atoms with Crippen molar-refractivity contribution in [2.45, 2.75) is 40.7 Å². The van der Waals surface area contributed by atoms with Gasteiger partial charge in [-0.3, -0.25) is 5.43 Å². The summed E-state index contributed by atoms with van der Waals surface area (Å²) in [7, 11) is 0. The molecule has 0 bridgehead atoms. The van der Waals surface area contributed by atoms with Crippen LogP contribution >= 0.6 is 0 Å². The van der Waals surface area contributed by atoms with Gasteiger partial charge in [0.25, 0.3) is 0 Å². The van der Waals surface area contributed by atoms with Crippen molar-refractivity contribution in [3.8, 4) is 6.01 Å². The van der Waals surface area contributed by atoms with Crippen molar-refractivity contribution in [2.75, 3.05) is 5.43 Å². The van der Waals surface area contributed by atoms with Gasteiger partial charge < -0.3 is 4.74 Å². The fourth-order valence-corrected chi connectivity index (χ4v) is 1.88. The number of aryl methyl sites for hydroxylation is 1. The van der Waals surface area contributed by atoms with Crippen LogP contribution in [0, 0.1) is 18.7 Å². The van der Waals surface area contributed by atoms with Crippen molar-refractivity contribution in [3.05, 3.63) is 47.4 Å². The van der Waals surface area contributed by atoms with Gasteiger partial charge in [0.05, 0.1) is 6.20 Å². The number of anilines is 1. The third kappa shape index (κ3) is 5.01. The van der Waals surface area contributed by atoms with E-state index < -0.39 is 5.82 Å². The molecule has 0 spiro atoms. The molecule has 128 valence electrons. The predicted molar refractivity (Wildman–Crippen MR) is 93.7 cm³/mol. The second-order valence-electron chi connectivity index (χ2n) is 5.80. The monoisotopic (exact) mass is 330 g/mol. The van der Waals surface area contributed by atoms with E-state index in [4.69, 9.17) is 4.74 Å². The molecule has 0 saturated heterocycles. The molecule has 2 aromatic rings. The molecule has 2 rings (SSSR count). The van der Waals surface area contributed by atoms with Crippen LogP contribution in [0.4, 0.5) is 10.2 Å². The van der Waals surface area contributed by atoms with E-state index in [9.17, 15) is 4.39 Å². The van der Waals surface area contributed by atoms with E-state index >= 15 is 0 Å². The minimum Gasteiger partial charge on any atom is -0.459 e. The van der Waals surface area contributed by atoms with Crippen molar-refractivity contribution >= 4 is 11.5 Å². The van der Waals surface area contributed by atoms with E-state index in [1.807, 2.05) is 38.1 Å². The standard InChI is InChI=1S/C18H23FN4O/c1-5-13(3)14(4)22-23-17-16(19)10-20-18(21-17)24-11-15-8-6-12(2)7-9-15/h6-10,13H,5,11H2,1-4H3,(H,20,21,23)/b22-14+. The van der Waals surface area contributed by atoms with Gasteiger partial charge in [-0.25, -0.2) is 9.37 Å². The van der Waals surface area contributed by atoms with Gasteiger partial charge in [-0.05, 0) is 31.7 Å². The normalized spacial score (nSPS) is 12.8. The van der Waals surface area contributed by atoms with Crippen LogP contribution in [0.15, 0.2) is 35.6 Å². The van der Waals surface area contributed by atoms with Gasteiger partial charge in [-0.1, -0.05) is 43.7 Å². The topological polar surface area (TPSA) is 59.4 Å². The number of hydrogen-bond acceptors (Lipinski definition) is 5. The van der Waals surface area contributed by atoms with Crippen molar-refractivity contribution in [3.63, 3.8) is 0 Å². The molecule has 0 aliphatic heterocycles. The number of benzene rings is 1. The molecule has 1 N–H and O–H groups in total. The number of nitrogens with one attached hydrogen (secondary N) is 1. The lowest BCUT2D eigenvalue weighted by molar-refractivity contribution is 0.280. The molecule has 0 radical (unpaired) electrons. The molecule has 0 saturated carbocycles. The van der Waals surface area contributed by atoms with E-state index in [0.717, 1.165) is 23.9 Å². The Bertz CT molecular complexity index is 701. The summed E-state index contributed by atoms with van der Waals surface area (Å²) in [6.45, 7) is 8.38. The summed E-state index contributed by atoms with van der Waals surface area (Å²) in [4.78, 5) is 7.89. The maximum atomic E-state index is 13.8. The largest absolute Gasteiger partial charge is 0.459 e. The first-order valence-corrected chi connectivity index (χ1v) is 8.00. The first-order chi connectivity index (χ1) is 11.5. The van der Waals surface area contributed by atoms with Crippen LogP contribution in [0.3, 0.4) is 0 Å². The van der Waals surface area contributed by atoms with Crippen LogP contribution < -0.4 is 10.2 Å². The smallest absolute Gasteiger partial charge is 0.318 e. The Labute approximate surface area is 142 Å². The van der Waals surface area contributed by atoms with Gasteiger partial charge in [0.1, 0.15) is 6.61 Å². The number of halogens is 1. The third-order valence-electron chi connectivity index (χ3n) is 3.87. The molecule has 24 heavy (non-hydrogen) atoms. The van der Waals surface area contributed by atoms with Crippen LogP contribution in [0.25, 0.3) is 0 Å². The molecular formula is C18H23FN4O. The first kappa shape index (κ1) is 17.8. The molecule has 1 unspecified atom stereocenters. The van der Waals surface area contributed by atoms with Gasteiger partial charge >= 0.3 is 6.01 Å². The Kier molecular flexibility index (Phi) is 6.23. The second kappa shape index (κ2) is 8.38. The summed E-state index contributed by atoms with van der Waals surface area (Å²) >= 11 is 0. The van der Waals surface area contributed by atoms with Crippen molar-refractivity contribution in [1.82, 2.24) is 9.97 Å². The Morgan fingerprint density at radius 2 is 2.04 bits per heavy atom. The van der Waals surface area contributed by atoms with Gasteiger partial charge in [0.15, 0.2) is 11.6 Å². The highest BCUT2D eigenvalue weighted by molar-refractivity contribution is 5.84. The van der Waals surface area contributed by atoms with E-state index in [2.05, 4.69) is 34.3 Å². The number of hydrazone groups is 1. The molecule has 5 nitrogen and oxygen atoms in total. The van der Waals surface area contributed by atoms with Crippen LogP contribution in [-0.2, 0) is 6.61 Å². The summed E-state index contributed by atoms with van der Waals surface area (Å²) in [6.07, 6.45) is 2.04. The minimum atomic E-state index is -0.571. The zero-order valence-corrected chi connectivity index (χ0v) is 14.5. The molecule has 0 amide bonds. The first-order valence-electron chi connectivity index (χ1n) is 8.00. The maximum Gasteiger partial charge on any atom is 0.318 e. The second-order valence-corrected chi connectivity index (χ2v) is 5.80. The van der Waals surface area contributed by atoms with E-state index in [1.165, 1.54) is 5.56 Å². The fraction of sp³-hybridized carbons (Fsp3) is 0.389. The van der Waals surface area contributed by atoms with E-state index in [0.29, 0.717) is 12.5 Å². The molecule has 1 aromatic carbocycles. The molecule has 6 heteroatoms. The zero-order chi connectivity index (χ0) is 17.5. The lowest BCUT2D eigenvalue weighted by Gasteiger charge is -2.09. The highest BCUT2D eigenvalue weighted by Crippen LogP contribution is 2.15. The van der Waals surface area contributed by atoms with Gasteiger partial charge in [-0.15, -0.1) is 0 Å². The average Bonchev–Trinajstić information content (AvgIpc) is 2.60. The fourth-order valence-electron chi connectivity index (χ4n) is 1.88. The summed E-state index contributed by atoms with van der Waals surface area (Å²) in [5, 5.41) is 4.18. The average molecular weight is 330 g/mol. The number of aromatic nitrogens is 2. The Morgan fingerprint density at radius 1 is 1.33 bits per heavy atom. The summed E-state index contributed by atoms with van der Waals surface area (Å²) < 4.78 is 19.3. The summed E-state index contributed by atoms with van der Waals surface area (Å²) in [6, 6.07) is 8.05. The van der Waals surface area contributed by atoms with Crippen molar-refractivity contribution in [2.24, 2.45) is 11.0 Å². The van der Waals surface area contributed by atoms with E-state index in [1.54, 1.807) is 0 Å². The third-order valence-corrected chi connectivity index (χ3v) is 3.87. The molecular weight excluding hydrogens is 307 g/mol. The van der Waals surface area contributed by atoms with Gasteiger partial charge in [0, 0.05) is 5.71 Å². The Hall–Kier alpha value is -2.50. The van der Waals surface area contributed by atoms with Crippen molar-refractivity contribution < 1.29 is 9.13 Å². The van der Waals surface area contributed by atoms with Crippen molar-refractivity contribution in [1.29, 1.82) is 0 Å². The quantitative estimate of drug-likeness (QED) is 0.606. The molecule has 1 aromatic heterocycles. The van der Waals surface area contributed by atoms with Gasteiger partial charge in [-0.2, -0.15) is 10.1 Å². The molecule has 0 fully saturated rings. The number of hydrogen-bond donors (Lipinski definition) is 1. The Balaban J connectivity index is 2.03. The number of ether oxygens (including phenoxy) is 1. The van der Waals surface area contributed by atoms with Crippen LogP contribution in [0.5, 0.6) is 6.01 Å². The number of rotatable bonds is 7. The molecule has 1 atom stereocenters. The lowest BCUT2D eigenvalue weighted by atomic mass is 10.1. The molecule has 0 aliphatic carbocycles. The van der Waals surface area contributed by atoms with Crippen LogP contribution in [-0.4, -0.2) is 15.7 Å². The summed E-state index contributed by atoms with van der Waals surface area (Å²) in [5.41, 5.74) is 5.72. The Morgan fingerprint density at radius 3 is 2.71 bits per heavy atom. The van der Waals surface area contributed by atoms with Crippen LogP contribution in [0.2, 0.25) is 0 Å². The molecule has 1 heterocycles. The SMILES string of the molecule is CCC(C)/C(C)=N/Nc1nc(OCc2ccc(C)cc2)ncc1F. The molecule has 0 aliphatic rings. The lowest BCUT2D eigenvalue weighted by Crippen LogP contribution is -2.09. The van der Waals surface area contributed by atoms with Crippen LogP contribution in [0.1, 0.15) is 38.3 Å². The predicted octanol–water partition coefficient (Wildman–Crippen LogP) is 4.34. The highest BCUT2D eigenvalue weighted by atomic mass is 19.1. The summed E-state index contributed by atoms with van der Waals surface area (Å²) in [5.74, 6) is -0.246. The van der Waals surface area contributed by atoms with E-state index in [-0.39, 0.29) is 11.8 Å². The van der Waals surface area contributed by atoms with Gasteiger partial charge in [0.2, 0.25) is 0 Å². The number of nitrogens with zero attached hydrogens (tertiary/aromatic N) is 3. The zero-order valence-electron chi connectivity index (χ0n) is 14.5. The maximum absolute atomic E-state index is 13.8. The minimum absolute atomic E-state index is 0.00607. The highest BCUT2D eigenvalue weighted by Gasteiger charge is 2.09.